The van der Waals surface area contributed by atoms with Crippen LogP contribution in [0.3, 0.4) is 0 Å². The minimum Gasteiger partial charge on any atom is -0.377 e. The second kappa shape index (κ2) is 9.74. The summed E-state index contributed by atoms with van der Waals surface area (Å²) in [6.45, 7) is 4.31. The van der Waals surface area contributed by atoms with E-state index in [9.17, 15) is 0 Å². The van der Waals surface area contributed by atoms with Crippen LogP contribution in [0.1, 0.15) is 50.5 Å². The molecule has 4 fully saturated rings. The van der Waals surface area contributed by atoms with E-state index in [1.165, 1.54) is 50.5 Å². The summed E-state index contributed by atoms with van der Waals surface area (Å²) in [5.74, 6) is 1.69. The van der Waals surface area contributed by atoms with Crippen LogP contribution in [0.15, 0.2) is 35.3 Å². The third-order valence-electron chi connectivity index (χ3n) is 7.98. The zero-order valence-electron chi connectivity index (χ0n) is 18.2. The van der Waals surface area contributed by atoms with Gasteiger partial charge in [0, 0.05) is 56.7 Å². The van der Waals surface area contributed by atoms with Gasteiger partial charge >= 0.3 is 0 Å². The number of nitrogens with zero attached hydrogens (tertiary/aromatic N) is 2. The molecule has 2 N–H and O–H groups in total. The van der Waals surface area contributed by atoms with Crippen LogP contribution in [-0.2, 0) is 11.3 Å². The molecule has 2 aliphatic carbocycles. The summed E-state index contributed by atoms with van der Waals surface area (Å²) in [6.07, 6.45) is 9.42. The smallest absolute Gasteiger partial charge is 0.191 e. The first-order valence-electron chi connectivity index (χ1n) is 11.7. The van der Waals surface area contributed by atoms with E-state index in [2.05, 4.69) is 50.9 Å². The first kappa shape index (κ1) is 22.3. The number of hydrogen-bond acceptors (Lipinski definition) is 3. The molecule has 3 unspecified atom stereocenters. The van der Waals surface area contributed by atoms with Crippen molar-refractivity contribution in [1.29, 1.82) is 0 Å². The maximum absolute atomic E-state index is 6.14. The fraction of sp³-hybridized carbons (Fsp3) is 0.708. The van der Waals surface area contributed by atoms with Crippen molar-refractivity contribution in [3.05, 3.63) is 35.9 Å². The van der Waals surface area contributed by atoms with Crippen molar-refractivity contribution in [1.82, 2.24) is 15.5 Å². The van der Waals surface area contributed by atoms with Gasteiger partial charge in [-0.1, -0.05) is 43.2 Å². The average Bonchev–Trinajstić information content (AvgIpc) is 3.42. The van der Waals surface area contributed by atoms with Gasteiger partial charge in [0.2, 0.25) is 0 Å². The monoisotopic (exact) mass is 524 g/mol. The van der Waals surface area contributed by atoms with Gasteiger partial charge in [-0.25, -0.2) is 0 Å². The molecule has 6 heteroatoms. The van der Waals surface area contributed by atoms with Crippen molar-refractivity contribution >= 4 is 29.9 Å². The van der Waals surface area contributed by atoms with Crippen LogP contribution in [0.25, 0.3) is 0 Å². The van der Waals surface area contributed by atoms with Gasteiger partial charge in [-0.2, -0.15) is 0 Å². The number of piperidine rings is 1. The maximum atomic E-state index is 6.14. The maximum Gasteiger partial charge on any atom is 0.191 e. The molecule has 3 atom stereocenters. The Kier molecular flexibility index (Phi) is 7.25. The first-order chi connectivity index (χ1) is 14.3. The van der Waals surface area contributed by atoms with Crippen molar-refractivity contribution in [2.45, 2.75) is 69.7 Å². The van der Waals surface area contributed by atoms with E-state index in [-0.39, 0.29) is 24.0 Å². The molecule has 1 aromatic carbocycles. The molecule has 2 saturated heterocycles. The van der Waals surface area contributed by atoms with Gasteiger partial charge in [0.25, 0.3) is 0 Å². The van der Waals surface area contributed by atoms with Crippen LogP contribution in [0.4, 0.5) is 0 Å². The fourth-order valence-corrected chi connectivity index (χ4v) is 6.49. The standard InChI is InChI=1S/C24H36N4O.HI/c1-25-23(27-21-20-11-16-29-22(20)24(21)12-5-6-13-24)26-19-9-14-28(15-10-19)17-18-7-3-2-4-8-18;/h2-4,7-8,19-22H,5-6,9-17H2,1H3,(H2,25,26,27);1H. The fourth-order valence-electron chi connectivity index (χ4n) is 6.49. The zero-order valence-corrected chi connectivity index (χ0v) is 20.5. The molecule has 1 aromatic rings. The number of hydrogen-bond donors (Lipinski definition) is 2. The lowest BCUT2D eigenvalue weighted by Crippen LogP contribution is -2.69. The van der Waals surface area contributed by atoms with E-state index in [1.807, 2.05) is 7.05 Å². The van der Waals surface area contributed by atoms with E-state index in [1.54, 1.807) is 0 Å². The van der Waals surface area contributed by atoms with Gasteiger partial charge in [-0.05, 0) is 37.7 Å². The van der Waals surface area contributed by atoms with Crippen molar-refractivity contribution in [2.24, 2.45) is 16.3 Å². The van der Waals surface area contributed by atoms with E-state index >= 15 is 0 Å². The Morgan fingerprint density at radius 2 is 1.83 bits per heavy atom. The Morgan fingerprint density at radius 1 is 1.10 bits per heavy atom. The molecule has 5 rings (SSSR count). The number of fused-ring (bicyclic) bond motifs is 2. The average molecular weight is 524 g/mol. The molecule has 0 amide bonds. The Morgan fingerprint density at radius 3 is 2.53 bits per heavy atom. The Labute approximate surface area is 198 Å². The second-order valence-electron chi connectivity index (χ2n) is 9.56. The molecular formula is C24H37IN4O. The van der Waals surface area contributed by atoms with Gasteiger partial charge < -0.3 is 15.4 Å². The van der Waals surface area contributed by atoms with Crippen LogP contribution >= 0.6 is 24.0 Å². The van der Waals surface area contributed by atoms with E-state index in [0.717, 1.165) is 32.2 Å². The number of benzene rings is 1. The molecule has 1 spiro atoms. The number of ether oxygens (including phenoxy) is 1. The minimum absolute atomic E-state index is 0. The van der Waals surface area contributed by atoms with Crippen molar-refractivity contribution in [3.8, 4) is 0 Å². The van der Waals surface area contributed by atoms with Gasteiger partial charge in [-0.15, -0.1) is 24.0 Å². The molecule has 5 nitrogen and oxygen atoms in total. The number of guanidine groups is 1. The summed E-state index contributed by atoms with van der Waals surface area (Å²) in [5.41, 5.74) is 1.79. The molecule has 0 bridgehead atoms. The predicted molar refractivity (Wildman–Crippen MR) is 132 cm³/mol. The number of halogens is 1. The first-order valence-corrected chi connectivity index (χ1v) is 11.7. The van der Waals surface area contributed by atoms with Crippen LogP contribution in [0.2, 0.25) is 0 Å². The number of likely N-dealkylation sites (tertiary alicyclic amines) is 1. The van der Waals surface area contributed by atoms with Crippen molar-refractivity contribution in [3.63, 3.8) is 0 Å². The molecule has 166 valence electrons. The van der Waals surface area contributed by atoms with Crippen LogP contribution in [0, 0.1) is 11.3 Å². The number of rotatable bonds is 4. The third-order valence-corrected chi connectivity index (χ3v) is 7.98. The molecule has 2 heterocycles. The van der Waals surface area contributed by atoms with E-state index in [4.69, 9.17) is 4.74 Å². The SMILES string of the molecule is CN=C(NC1CCN(Cc2ccccc2)CC1)NC1C2CCOC2C12CCCC2.I. The van der Waals surface area contributed by atoms with Gasteiger partial charge in [0.15, 0.2) is 5.96 Å². The Balaban J connectivity index is 0.00000218. The summed E-state index contributed by atoms with van der Waals surface area (Å²) in [5, 5.41) is 7.60. The van der Waals surface area contributed by atoms with Crippen LogP contribution in [-0.4, -0.2) is 55.8 Å². The molecule has 4 aliphatic rings. The number of aliphatic imine (C=N–C) groups is 1. The number of nitrogens with one attached hydrogen (secondary N) is 2. The second-order valence-corrected chi connectivity index (χ2v) is 9.56. The van der Waals surface area contributed by atoms with Gasteiger partial charge in [-0.3, -0.25) is 9.89 Å². The lowest BCUT2D eigenvalue weighted by Gasteiger charge is -2.57. The van der Waals surface area contributed by atoms with Crippen molar-refractivity contribution in [2.75, 3.05) is 26.7 Å². The minimum atomic E-state index is 0. The van der Waals surface area contributed by atoms with Gasteiger partial charge in [0.1, 0.15) is 0 Å². The van der Waals surface area contributed by atoms with Crippen LogP contribution in [0.5, 0.6) is 0 Å². The largest absolute Gasteiger partial charge is 0.377 e. The quantitative estimate of drug-likeness (QED) is 0.358. The predicted octanol–water partition coefficient (Wildman–Crippen LogP) is 3.78. The van der Waals surface area contributed by atoms with E-state index in [0.29, 0.717) is 29.5 Å². The van der Waals surface area contributed by atoms with Gasteiger partial charge in [0.05, 0.1) is 6.10 Å². The highest BCUT2D eigenvalue weighted by atomic mass is 127. The van der Waals surface area contributed by atoms with Crippen molar-refractivity contribution < 1.29 is 4.74 Å². The topological polar surface area (TPSA) is 48.9 Å². The van der Waals surface area contributed by atoms with E-state index < -0.39 is 0 Å². The molecule has 0 radical (unpaired) electrons. The zero-order chi connectivity index (χ0) is 19.7. The highest BCUT2D eigenvalue weighted by Crippen LogP contribution is 2.60. The lowest BCUT2D eigenvalue weighted by molar-refractivity contribution is -0.125. The summed E-state index contributed by atoms with van der Waals surface area (Å²) in [7, 11) is 1.92. The molecule has 2 saturated carbocycles. The summed E-state index contributed by atoms with van der Waals surface area (Å²) < 4.78 is 6.14. The van der Waals surface area contributed by atoms with Crippen LogP contribution < -0.4 is 10.6 Å². The molecule has 0 aromatic heterocycles. The summed E-state index contributed by atoms with van der Waals surface area (Å²) >= 11 is 0. The molecular weight excluding hydrogens is 487 g/mol. The summed E-state index contributed by atoms with van der Waals surface area (Å²) in [4.78, 5) is 7.17. The highest BCUT2D eigenvalue weighted by molar-refractivity contribution is 14.0. The third kappa shape index (κ3) is 4.24. The molecule has 30 heavy (non-hydrogen) atoms. The normalized spacial score (nSPS) is 31.1. The molecule has 2 aliphatic heterocycles. The Hall–Kier alpha value is -0.860. The highest BCUT2D eigenvalue weighted by Gasteiger charge is 2.65. The lowest BCUT2D eigenvalue weighted by atomic mass is 9.54. The summed E-state index contributed by atoms with van der Waals surface area (Å²) in [6, 6.07) is 11.9. The Bertz CT molecular complexity index is 713.